The number of nitrogens with one attached hydrogen (secondary N) is 2. The second kappa shape index (κ2) is 9.02. The van der Waals surface area contributed by atoms with Crippen LogP contribution in [-0.4, -0.2) is 50.9 Å². The minimum atomic E-state index is -0.0272. The van der Waals surface area contributed by atoms with Crippen molar-refractivity contribution in [3.8, 4) is 28.1 Å². The van der Waals surface area contributed by atoms with Gasteiger partial charge in [0.05, 0.1) is 0 Å². The summed E-state index contributed by atoms with van der Waals surface area (Å²) in [6.07, 6.45) is 3.34. The van der Waals surface area contributed by atoms with Gasteiger partial charge in [0, 0.05) is 54.5 Å². The maximum Gasteiger partial charge on any atom is 0.253 e. The van der Waals surface area contributed by atoms with Gasteiger partial charge in [0.2, 0.25) is 5.91 Å². The molecule has 1 fully saturated rings. The first kappa shape index (κ1) is 21.7. The molecule has 0 saturated carbocycles. The normalized spacial score (nSPS) is 14.3. The van der Waals surface area contributed by atoms with Crippen molar-refractivity contribution in [3.05, 3.63) is 72.4 Å². The van der Waals surface area contributed by atoms with Gasteiger partial charge in [0.25, 0.3) is 5.91 Å². The molecule has 0 aliphatic carbocycles. The molecular weight excluding hydrogens is 428 g/mol. The number of hydrogen-bond donors (Lipinski definition) is 3. The second-order valence-electron chi connectivity index (χ2n) is 8.74. The Morgan fingerprint density at radius 3 is 2.50 bits per heavy atom. The number of phenols is 1. The summed E-state index contributed by atoms with van der Waals surface area (Å²) in [5.41, 5.74) is 5.18. The number of aromatic hydroxyl groups is 1. The van der Waals surface area contributed by atoms with Gasteiger partial charge in [-0.25, -0.2) is 4.98 Å². The SMILES string of the molecule is CC(=O)NC1CCN(C(=O)c2cccc(-c3cnc4[nH]c(-c5ccc(O)cc5)cc4c3)c2)CC1. The standard InChI is InChI=1S/C27H26N4O3/c1-17(32)29-23-9-11-31(12-10-23)27(34)20-4-2-3-19(13-20)22-14-21-15-25(30-26(21)28-16-22)18-5-7-24(33)8-6-18/h2-8,13-16,23,33H,9-12H2,1H3,(H,28,30)(H,29,32). The first-order valence-corrected chi connectivity index (χ1v) is 11.4. The van der Waals surface area contributed by atoms with Crippen LogP contribution in [0.2, 0.25) is 0 Å². The maximum atomic E-state index is 13.1. The predicted octanol–water partition coefficient (Wildman–Crippen LogP) is 4.34. The molecular formula is C27H26N4O3. The lowest BCUT2D eigenvalue weighted by Crippen LogP contribution is -2.46. The molecule has 0 atom stereocenters. The average Bonchev–Trinajstić information content (AvgIpc) is 3.28. The molecule has 5 rings (SSSR count). The fourth-order valence-corrected chi connectivity index (χ4v) is 4.50. The molecule has 0 spiro atoms. The number of piperidine rings is 1. The number of rotatable bonds is 4. The van der Waals surface area contributed by atoms with Crippen LogP contribution in [0.4, 0.5) is 0 Å². The van der Waals surface area contributed by atoms with E-state index in [1.54, 1.807) is 12.1 Å². The topological polar surface area (TPSA) is 98.3 Å². The van der Waals surface area contributed by atoms with Gasteiger partial charge in [-0.2, -0.15) is 0 Å². The number of likely N-dealkylation sites (tertiary alicyclic amines) is 1. The van der Waals surface area contributed by atoms with Crippen LogP contribution in [0, 0.1) is 0 Å². The summed E-state index contributed by atoms with van der Waals surface area (Å²) in [6, 6.07) is 18.9. The van der Waals surface area contributed by atoms with Gasteiger partial charge in [-0.05, 0) is 72.5 Å². The molecule has 7 heteroatoms. The highest BCUT2D eigenvalue weighted by Gasteiger charge is 2.24. The lowest BCUT2D eigenvalue weighted by molar-refractivity contribution is -0.119. The van der Waals surface area contributed by atoms with Crippen molar-refractivity contribution in [3.63, 3.8) is 0 Å². The molecule has 1 aliphatic heterocycles. The van der Waals surface area contributed by atoms with Crippen molar-refractivity contribution in [2.75, 3.05) is 13.1 Å². The van der Waals surface area contributed by atoms with Gasteiger partial charge >= 0.3 is 0 Å². The quantitative estimate of drug-likeness (QED) is 0.427. The van der Waals surface area contributed by atoms with E-state index in [4.69, 9.17) is 0 Å². The van der Waals surface area contributed by atoms with E-state index in [2.05, 4.69) is 21.4 Å². The van der Waals surface area contributed by atoms with Crippen molar-refractivity contribution < 1.29 is 14.7 Å². The number of phenolic OH excluding ortho intramolecular Hbond substituents is 1. The molecule has 172 valence electrons. The monoisotopic (exact) mass is 454 g/mol. The zero-order valence-corrected chi connectivity index (χ0v) is 18.9. The Morgan fingerprint density at radius 1 is 1.00 bits per heavy atom. The minimum Gasteiger partial charge on any atom is -0.508 e. The van der Waals surface area contributed by atoms with E-state index in [1.807, 2.05) is 53.6 Å². The Hall–Kier alpha value is -4.13. The fraction of sp³-hybridized carbons (Fsp3) is 0.222. The molecule has 2 aromatic heterocycles. The number of carbonyl (C=O) groups excluding carboxylic acids is 2. The number of H-pyrrole nitrogens is 1. The van der Waals surface area contributed by atoms with Crippen LogP contribution in [0.5, 0.6) is 5.75 Å². The predicted molar refractivity (Wildman–Crippen MR) is 131 cm³/mol. The van der Waals surface area contributed by atoms with Crippen molar-refractivity contribution in [1.29, 1.82) is 0 Å². The van der Waals surface area contributed by atoms with Gasteiger partial charge in [-0.1, -0.05) is 12.1 Å². The molecule has 1 saturated heterocycles. The lowest BCUT2D eigenvalue weighted by Gasteiger charge is -2.32. The van der Waals surface area contributed by atoms with Crippen molar-refractivity contribution >= 4 is 22.8 Å². The summed E-state index contributed by atoms with van der Waals surface area (Å²) in [4.78, 5) is 34.1. The summed E-state index contributed by atoms with van der Waals surface area (Å²) in [7, 11) is 0. The molecule has 3 heterocycles. The number of aromatic nitrogens is 2. The Morgan fingerprint density at radius 2 is 1.76 bits per heavy atom. The molecule has 3 N–H and O–H groups in total. The largest absolute Gasteiger partial charge is 0.508 e. The third kappa shape index (κ3) is 4.50. The number of benzene rings is 2. The number of fused-ring (bicyclic) bond motifs is 1. The van der Waals surface area contributed by atoms with Crippen LogP contribution >= 0.6 is 0 Å². The van der Waals surface area contributed by atoms with Gasteiger partial charge in [0.1, 0.15) is 11.4 Å². The zero-order valence-electron chi connectivity index (χ0n) is 18.9. The van der Waals surface area contributed by atoms with Crippen molar-refractivity contribution in [2.24, 2.45) is 0 Å². The summed E-state index contributed by atoms with van der Waals surface area (Å²) in [5.74, 6) is 0.209. The zero-order chi connectivity index (χ0) is 23.7. The highest BCUT2D eigenvalue weighted by molar-refractivity contribution is 5.96. The van der Waals surface area contributed by atoms with Crippen LogP contribution in [0.15, 0.2) is 66.9 Å². The highest BCUT2D eigenvalue weighted by atomic mass is 16.3. The van der Waals surface area contributed by atoms with Crippen LogP contribution in [0.25, 0.3) is 33.4 Å². The molecule has 2 aromatic carbocycles. The van der Waals surface area contributed by atoms with Crippen LogP contribution < -0.4 is 5.32 Å². The van der Waals surface area contributed by atoms with E-state index < -0.39 is 0 Å². The number of carbonyl (C=O) groups is 2. The second-order valence-corrected chi connectivity index (χ2v) is 8.74. The van der Waals surface area contributed by atoms with Gasteiger partial charge in [0.15, 0.2) is 0 Å². The van der Waals surface area contributed by atoms with Crippen LogP contribution in [0.3, 0.4) is 0 Å². The fourth-order valence-electron chi connectivity index (χ4n) is 4.50. The number of hydrogen-bond acceptors (Lipinski definition) is 4. The van der Waals surface area contributed by atoms with Gasteiger partial charge < -0.3 is 20.3 Å². The highest BCUT2D eigenvalue weighted by Crippen LogP contribution is 2.28. The molecule has 1 aliphatic rings. The summed E-state index contributed by atoms with van der Waals surface area (Å²) in [5, 5.41) is 13.4. The van der Waals surface area contributed by atoms with E-state index in [9.17, 15) is 14.7 Å². The number of aromatic amines is 1. The molecule has 7 nitrogen and oxygen atoms in total. The van der Waals surface area contributed by atoms with E-state index in [0.29, 0.717) is 18.7 Å². The smallest absolute Gasteiger partial charge is 0.253 e. The molecule has 34 heavy (non-hydrogen) atoms. The van der Waals surface area contributed by atoms with Crippen molar-refractivity contribution in [2.45, 2.75) is 25.8 Å². The van der Waals surface area contributed by atoms with Crippen LogP contribution in [0.1, 0.15) is 30.1 Å². The third-order valence-corrected chi connectivity index (χ3v) is 6.28. The van der Waals surface area contributed by atoms with Crippen LogP contribution in [-0.2, 0) is 4.79 Å². The minimum absolute atomic E-state index is 0.00780. The van der Waals surface area contributed by atoms with Crippen molar-refractivity contribution in [1.82, 2.24) is 20.2 Å². The average molecular weight is 455 g/mol. The molecule has 0 radical (unpaired) electrons. The Bertz CT molecular complexity index is 1350. The maximum absolute atomic E-state index is 13.1. The summed E-state index contributed by atoms with van der Waals surface area (Å²) >= 11 is 0. The Kier molecular flexibility index (Phi) is 5.76. The lowest BCUT2D eigenvalue weighted by atomic mass is 10.0. The van der Waals surface area contributed by atoms with Gasteiger partial charge in [-0.15, -0.1) is 0 Å². The number of pyridine rings is 1. The third-order valence-electron chi connectivity index (χ3n) is 6.28. The molecule has 4 aromatic rings. The number of amides is 2. The first-order valence-electron chi connectivity index (χ1n) is 11.4. The van der Waals surface area contributed by atoms with Gasteiger partial charge in [-0.3, -0.25) is 9.59 Å². The number of nitrogens with zero attached hydrogens (tertiary/aromatic N) is 2. The van der Waals surface area contributed by atoms with E-state index in [0.717, 1.165) is 46.3 Å². The molecule has 0 unspecified atom stereocenters. The summed E-state index contributed by atoms with van der Waals surface area (Å²) < 4.78 is 0. The molecule has 2 amide bonds. The Labute approximate surface area is 197 Å². The Balaban J connectivity index is 1.35. The van der Waals surface area contributed by atoms with E-state index in [1.165, 1.54) is 6.92 Å². The van der Waals surface area contributed by atoms with E-state index >= 15 is 0 Å². The first-order chi connectivity index (χ1) is 16.5. The van der Waals surface area contributed by atoms with E-state index in [-0.39, 0.29) is 23.6 Å². The molecule has 0 bridgehead atoms. The summed E-state index contributed by atoms with van der Waals surface area (Å²) in [6.45, 7) is 2.78.